The van der Waals surface area contributed by atoms with Crippen molar-refractivity contribution in [3.63, 3.8) is 0 Å². The lowest BCUT2D eigenvalue weighted by Gasteiger charge is -2.19. The Morgan fingerprint density at radius 1 is 1.11 bits per heavy atom. The molecular formula is C14H17ClO3. The van der Waals surface area contributed by atoms with Gasteiger partial charge in [0.05, 0.1) is 23.8 Å². The van der Waals surface area contributed by atoms with Crippen molar-refractivity contribution in [1.82, 2.24) is 0 Å². The third-order valence-corrected chi connectivity index (χ3v) is 3.81. The van der Waals surface area contributed by atoms with E-state index in [-0.39, 0.29) is 5.41 Å². The van der Waals surface area contributed by atoms with Crippen molar-refractivity contribution >= 4 is 11.6 Å². The van der Waals surface area contributed by atoms with Crippen molar-refractivity contribution in [1.29, 1.82) is 0 Å². The third kappa shape index (κ3) is 2.06. The van der Waals surface area contributed by atoms with Gasteiger partial charge in [-0.25, -0.2) is 0 Å². The zero-order valence-electron chi connectivity index (χ0n) is 10.6. The van der Waals surface area contributed by atoms with Gasteiger partial charge in [-0.05, 0) is 18.9 Å². The monoisotopic (exact) mass is 268 g/mol. The Hall–Kier alpha value is -0.930. The number of aliphatic hydroxyl groups is 1. The quantitative estimate of drug-likeness (QED) is 0.851. The van der Waals surface area contributed by atoms with Gasteiger partial charge in [-0.2, -0.15) is 0 Å². The molecule has 18 heavy (non-hydrogen) atoms. The molecule has 0 radical (unpaired) electrons. The summed E-state index contributed by atoms with van der Waals surface area (Å²) in [6.45, 7) is 5.38. The molecule has 1 heterocycles. The Kier molecular flexibility index (Phi) is 2.55. The Morgan fingerprint density at radius 2 is 1.67 bits per heavy atom. The summed E-state index contributed by atoms with van der Waals surface area (Å²) < 4.78 is 11.5. The molecule has 1 saturated carbocycles. The molecule has 1 aromatic carbocycles. The Labute approximate surface area is 112 Å². The van der Waals surface area contributed by atoms with Crippen LogP contribution in [0, 0.1) is 5.41 Å². The molecule has 4 heteroatoms. The van der Waals surface area contributed by atoms with Crippen LogP contribution in [0.3, 0.4) is 0 Å². The van der Waals surface area contributed by atoms with Gasteiger partial charge < -0.3 is 14.6 Å². The van der Waals surface area contributed by atoms with Crippen molar-refractivity contribution in [3.8, 4) is 11.5 Å². The number of fused-ring (bicyclic) bond motifs is 1. The van der Waals surface area contributed by atoms with Gasteiger partial charge in [0, 0.05) is 17.0 Å². The fourth-order valence-electron chi connectivity index (χ4n) is 2.09. The van der Waals surface area contributed by atoms with Gasteiger partial charge in [0.15, 0.2) is 11.5 Å². The SMILES string of the molecule is CC1(C)COc2cc(Cl)c(C3(O)CC3)cc2OC1. The highest BCUT2D eigenvalue weighted by molar-refractivity contribution is 6.31. The number of halogens is 1. The zero-order chi connectivity index (χ0) is 13.0. The van der Waals surface area contributed by atoms with Crippen molar-refractivity contribution in [2.75, 3.05) is 13.2 Å². The summed E-state index contributed by atoms with van der Waals surface area (Å²) in [5.74, 6) is 1.35. The molecule has 3 nitrogen and oxygen atoms in total. The molecule has 0 spiro atoms. The van der Waals surface area contributed by atoms with Crippen LogP contribution in [0.25, 0.3) is 0 Å². The standard InChI is InChI=1S/C14H17ClO3/c1-13(2)7-17-11-5-9(14(16)3-4-14)10(15)6-12(11)18-8-13/h5-6,16H,3-4,7-8H2,1-2H3. The van der Waals surface area contributed by atoms with Gasteiger partial charge in [-0.3, -0.25) is 0 Å². The predicted molar refractivity (Wildman–Crippen MR) is 69.4 cm³/mol. The van der Waals surface area contributed by atoms with Crippen molar-refractivity contribution in [3.05, 3.63) is 22.7 Å². The first-order chi connectivity index (χ1) is 8.40. The van der Waals surface area contributed by atoms with E-state index in [0.29, 0.717) is 29.7 Å². The van der Waals surface area contributed by atoms with E-state index in [1.807, 2.05) is 6.07 Å². The first-order valence-electron chi connectivity index (χ1n) is 6.22. The van der Waals surface area contributed by atoms with Gasteiger partial charge in [-0.15, -0.1) is 0 Å². The summed E-state index contributed by atoms with van der Waals surface area (Å²) in [5, 5.41) is 10.7. The van der Waals surface area contributed by atoms with E-state index in [2.05, 4.69) is 13.8 Å². The summed E-state index contributed by atoms with van der Waals surface area (Å²) in [6, 6.07) is 3.58. The van der Waals surface area contributed by atoms with Gasteiger partial charge in [0.25, 0.3) is 0 Å². The first kappa shape index (κ1) is 12.1. The fraction of sp³-hybridized carbons (Fsp3) is 0.571. The topological polar surface area (TPSA) is 38.7 Å². The third-order valence-electron chi connectivity index (χ3n) is 3.50. The lowest BCUT2D eigenvalue weighted by atomic mass is 9.97. The summed E-state index contributed by atoms with van der Waals surface area (Å²) in [6.07, 6.45) is 1.52. The maximum absolute atomic E-state index is 10.2. The molecule has 0 aromatic heterocycles. The minimum absolute atomic E-state index is 0.0257. The molecule has 0 atom stereocenters. The molecule has 2 aliphatic rings. The molecule has 0 saturated heterocycles. The van der Waals surface area contributed by atoms with Crippen LogP contribution in [0.5, 0.6) is 11.5 Å². The molecule has 1 fully saturated rings. The normalized spacial score (nSPS) is 23.3. The van der Waals surface area contributed by atoms with E-state index in [1.54, 1.807) is 6.07 Å². The Bertz CT molecular complexity index is 492. The molecule has 1 aliphatic carbocycles. The summed E-state index contributed by atoms with van der Waals surface area (Å²) >= 11 is 6.21. The van der Waals surface area contributed by atoms with Crippen molar-refractivity contribution < 1.29 is 14.6 Å². The summed E-state index contributed by atoms with van der Waals surface area (Å²) in [4.78, 5) is 0. The molecule has 3 rings (SSSR count). The lowest BCUT2D eigenvalue weighted by molar-refractivity contribution is 0.139. The number of hydrogen-bond donors (Lipinski definition) is 1. The van der Waals surface area contributed by atoms with E-state index < -0.39 is 5.60 Å². The largest absolute Gasteiger partial charge is 0.489 e. The van der Waals surface area contributed by atoms with Crippen molar-refractivity contribution in [2.24, 2.45) is 5.41 Å². The summed E-state index contributed by atoms with van der Waals surface area (Å²) in [5.41, 5.74) is -0.0226. The van der Waals surface area contributed by atoms with Crippen LogP contribution < -0.4 is 9.47 Å². The Balaban J connectivity index is 1.99. The molecule has 0 bridgehead atoms. The van der Waals surface area contributed by atoms with Gasteiger partial charge >= 0.3 is 0 Å². The number of benzene rings is 1. The summed E-state index contributed by atoms with van der Waals surface area (Å²) in [7, 11) is 0. The molecular weight excluding hydrogens is 252 g/mol. The number of ether oxygens (including phenoxy) is 2. The van der Waals surface area contributed by atoms with Gasteiger partial charge in [0.2, 0.25) is 0 Å². The van der Waals surface area contributed by atoms with Crippen LogP contribution in [-0.4, -0.2) is 18.3 Å². The van der Waals surface area contributed by atoms with E-state index in [1.165, 1.54) is 0 Å². The Morgan fingerprint density at radius 3 is 2.22 bits per heavy atom. The second kappa shape index (κ2) is 3.78. The minimum atomic E-state index is -0.753. The average Bonchev–Trinajstić information content (AvgIpc) is 3.05. The molecule has 98 valence electrons. The molecule has 0 amide bonds. The molecule has 1 N–H and O–H groups in total. The number of hydrogen-bond acceptors (Lipinski definition) is 3. The predicted octanol–water partition coefficient (Wildman–Crippen LogP) is 3.12. The fourth-order valence-corrected chi connectivity index (χ4v) is 2.42. The smallest absolute Gasteiger partial charge is 0.162 e. The highest BCUT2D eigenvalue weighted by Gasteiger charge is 2.44. The molecule has 0 unspecified atom stereocenters. The van der Waals surface area contributed by atoms with Gasteiger partial charge in [0.1, 0.15) is 0 Å². The molecule has 1 aromatic rings. The molecule has 1 aliphatic heterocycles. The lowest BCUT2D eigenvalue weighted by Crippen LogP contribution is -2.26. The van der Waals surface area contributed by atoms with E-state index >= 15 is 0 Å². The average molecular weight is 269 g/mol. The van der Waals surface area contributed by atoms with Crippen LogP contribution in [0.15, 0.2) is 12.1 Å². The first-order valence-corrected chi connectivity index (χ1v) is 6.60. The zero-order valence-corrected chi connectivity index (χ0v) is 11.4. The van der Waals surface area contributed by atoms with Crippen LogP contribution in [-0.2, 0) is 5.60 Å². The second-order valence-electron chi connectivity index (χ2n) is 6.05. The number of rotatable bonds is 1. The minimum Gasteiger partial charge on any atom is -0.489 e. The van der Waals surface area contributed by atoms with Crippen LogP contribution in [0.1, 0.15) is 32.3 Å². The van der Waals surface area contributed by atoms with Gasteiger partial charge in [-0.1, -0.05) is 25.4 Å². The van der Waals surface area contributed by atoms with Crippen molar-refractivity contribution in [2.45, 2.75) is 32.3 Å². The maximum Gasteiger partial charge on any atom is 0.162 e. The maximum atomic E-state index is 10.2. The van der Waals surface area contributed by atoms with E-state index in [0.717, 1.165) is 18.4 Å². The van der Waals surface area contributed by atoms with Crippen LogP contribution >= 0.6 is 11.6 Å². The van der Waals surface area contributed by atoms with Crippen LogP contribution in [0.2, 0.25) is 5.02 Å². The highest BCUT2D eigenvalue weighted by atomic mass is 35.5. The second-order valence-corrected chi connectivity index (χ2v) is 6.46. The van der Waals surface area contributed by atoms with E-state index in [4.69, 9.17) is 21.1 Å². The van der Waals surface area contributed by atoms with Crippen LogP contribution in [0.4, 0.5) is 0 Å². The highest BCUT2D eigenvalue weighted by Crippen LogP contribution is 2.50. The van der Waals surface area contributed by atoms with E-state index in [9.17, 15) is 5.11 Å².